The lowest BCUT2D eigenvalue weighted by Gasteiger charge is -2.34. The van der Waals surface area contributed by atoms with E-state index in [2.05, 4.69) is 0 Å². The highest BCUT2D eigenvalue weighted by Crippen LogP contribution is 2.39. The van der Waals surface area contributed by atoms with Crippen LogP contribution in [0, 0.1) is 5.92 Å². The fourth-order valence-electron chi connectivity index (χ4n) is 2.67. The van der Waals surface area contributed by atoms with E-state index in [1.807, 2.05) is 12.1 Å². The zero-order valence-electron chi connectivity index (χ0n) is 11.6. The van der Waals surface area contributed by atoms with Crippen LogP contribution in [0.25, 0.3) is 0 Å². The van der Waals surface area contributed by atoms with Crippen LogP contribution in [0.2, 0.25) is 0 Å². The zero-order valence-corrected chi connectivity index (χ0v) is 11.6. The van der Waals surface area contributed by atoms with Crippen molar-refractivity contribution in [3.05, 3.63) is 71.8 Å². The number of benzene rings is 2. The maximum Gasteiger partial charge on any atom is 0.319 e. The zero-order chi connectivity index (χ0) is 15.5. The summed E-state index contributed by atoms with van der Waals surface area (Å²) in [7, 11) is 0. The van der Waals surface area contributed by atoms with Crippen molar-refractivity contribution < 1.29 is 19.8 Å². The predicted molar refractivity (Wildman–Crippen MR) is 78.1 cm³/mol. The van der Waals surface area contributed by atoms with E-state index < -0.39 is 23.3 Å². The van der Waals surface area contributed by atoms with Gasteiger partial charge in [0.2, 0.25) is 0 Å². The van der Waals surface area contributed by atoms with Crippen LogP contribution in [0.3, 0.4) is 0 Å². The molecule has 0 saturated carbocycles. The van der Waals surface area contributed by atoms with Gasteiger partial charge in [-0.2, -0.15) is 0 Å². The second kappa shape index (κ2) is 5.79. The molecule has 108 valence electrons. The molecule has 0 aliphatic heterocycles. The first-order valence-electron chi connectivity index (χ1n) is 6.54. The van der Waals surface area contributed by atoms with E-state index in [0.717, 1.165) is 0 Å². The van der Waals surface area contributed by atoms with Crippen molar-refractivity contribution in [3.8, 4) is 0 Å². The molecule has 4 heteroatoms. The normalized spacial score (nSPS) is 11.3. The molecule has 0 atom stereocenters. The third kappa shape index (κ3) is 2.65. The van der Waals surface area contributed by atoms with Crippen molar-refractivity contribution in [1.82, 2.24) is 0 Å². The SMILES string of the molecule is CC(c1ccccc1)(c1ccccc1)C(C(=O)O)C(=O)O. The van der Waals surface area contributed by atoms with E-state index in [1.165, 1.54) is 0 Å². The molecule has 0 radical (unpaired) electrons. The van der Waals surface area contributed by atoms with Crippen molar-refractivity contribution in [2.24, 2.45) is 5.92 Å². The van der Waals surface area contributed by atoms with E-state index in [9.17, 15) is 19.8 Å². The van der Waals surface area contributed by atoms with Crippen LogP contribution in [0.15, 0.2) is 60.7 Å². The van der Waals surface area contributed by atoms with Gasteiger partial charge in [-0.1, -0.05) is 60.7 Å². The van der Waals surface area contributed by atoms with Gasteiger partial charge in [-0.3, -0.25) is 9.59 Å². The van der Waals surface area contributed by atoms with Crippen molar-refractivity contribution in [1.29, 1.82) is 0 Å². The summed E-state index contributed by atoms with van der Waals surface area (Å²) in [6.07, 6.45) is 0. The van der Waals surface area contributed by atoms with Crippen LogP contribution in [0.4, 0.5) is 0 Å². The maximum absolute atomic E-state index is 11.6. The molecule has 0 heterocycles. The second-order valence-corrected chi connectivity index (χ2v) is 5.04. The molecular formula is C17H16O4. The average molecular weight is 284 g/mol. The first-order valence-corrected chi connectivity index (χ1v) is 6.54. The molecule has 2 N–H and O–H groups in total. The topological polar surface area (TPSA) is 74.6 Å². The lowest BCUT2D eigenvalue weighted by Crippen LogP contribution is -2.43. The number of carboxylic acid groups (broad SMARTS) is 2. The molecule has 0 amide bonds. The number of carbonyl (C=O) groups is 2. The molecule has 0 spiro atoms. The third-order valence-corrected chi connectivity index (χ3v) is 3.82. The lowest BCUT2D eigenvalue weighted by atomic mass is 9.67. The molecule has 0 bridgehead atoms. The Morgan fingerprint density at radius 3 is 1.43 bits per heavy atom. The van der Waals surface area contributed by atoms with Gasteiger partial charge in [0.15, 0.2) is 5.92 Å². The molecule has 0 unspecified atom stereocenters. The molecule has 2 aromatic carbocycles. The Kier molecular flexibility index (Phi) is 4.08. The molecule has 0 aliphatic carbocycles. The summed E-state index contributed by atoms with van der Waals surface area (Å²) in [5, 5.41) is 18.8. The van der Waals surface area contributed by atoms with Crippen LogP contribution in [0.5, 0.6) is 0 Å². The second-order valence-electron chi connectivity index (χ2n) is 5.04. The summed E-state index contributed by atoms with van der Waals surface area (Å²) in [6.45, 7) is 1.66. The first-order chi connectivity index (χ1) is 9.98. The molecule has 4 nitrogen and oxygen atoms in total. The molecule has 0 aromatic heterocycles. The average Bonchev–Trinajstić information content (AvgIpc) is 2.48. The molecule has 0 saturated heterocycles. The van der Waals surface area contributed by atoms with Crippen LogP contribution in [-0.2, 0) is 15.0 Å². The third-order valence-electron chi connectivity index (χ3n) is 3.82. The minimum atomic E-state index is -1.57. The number of aliphatic carboxylic acids is 2. The molecule has 2 aromatic rings. The highest BCUT2D eigenvalue weighted by molar-refractivity contribution is 5.95. The van der Waals surface area contributed by atoms with E-state index in [1.54, 1.807) is 55.5 Å². The Hall–Kier alpha value is -2.62. The van der Waals surface area contributed by atoms with Crippen LogP contribution in [0.1, 0.15) is 18.1 Å². The highest BCUT2D eigenvalue weighted by Gasteiger charge is 2.46. The van der Waals surface area contributed by atoms with Crippen molar-refractivity contribution in [3.63, 3.8) is 0 Å². The van der Waals surface area contributed by atoms with E-state index in [0.29, 0.717) is 11.1 Å². The van der Waals surface area contributed by atoms with Crippen molar-refractivity contribution in [2.75, 3.05) is 0 Å². The van der Waals surface area contributed by atoms with Crippen molar-refractivity contribution >= 4 is 11.9 Å². The predicted octanol–water partition coefficient (Wildman–Crippen LogP) is 2.78. The largest absolute Gasteiger partial charge is 0.481 e. The highest BCUT2D eigenvalue weighted by atomic mass is 16.4. The molecule has 0 aliphatic rings. The van der Waals surface area contributed by atoms with Gasteiger partial charge >= 0.3 is 11.9 Å². The Labute approximate surface area is 122 Å². The van der Waals surface area contributed by atoms with Crippen molar-refractivity contribution in [2.45, 2.75) is 12.3 Å². The number of rotatable bonds is 5. The fraction of sp³-hybridized carbons (Fsp3) is 0.176. The van der Waals surface area contributed by atoms with Gasteiger partial charge in [-0.15, -0.1) is 0 Å². The van der Waals surface area contributed by atoms with Gasteiger partial charge in [0.25, 0.3) is 0 Å². The standard InChI is InChI=1S/C17H16O4/c1-17(12-8-4-2-5-9-12,13-10-6-3-7-11-13)14(15(18)19)16(20)21/h2-11,14H,1H3,(H,18,19)(H,20,21). The number of hydrogen-bond donors (Lipinski definition) is 2. The van der Waals surface area contributed by atoms with Crippen LogP contribution >= 0.6 is 0 Å². The van der Waals surface area contributed by atoms with Crippen LogP contribution < -0.4 is 0 Å². The molecule has 2 rings (SSSR count). The van der Waals surface area contributed by atoms with Gasteiger partial charge < -0.3 is 10.2 Å². The Morgan fingerprint density at radius 1 is 0.810 bits per heavy atom. The van der Waals surface area contributed by atoms with E-state index in [4.69, 9.17) is 0 Å². The number of carboxylic acids is 2. The Balaban J connectivity index is 2.71. The molecule has 21 heavy (non-hydrogen) atoms. The Morgan fingerprint density at radius 2 is 1.14 bits per heavy atom. The fourth-order valence-corrected chi connectivity index (χ4v) is 2.67. The van der Waals surface area contributed by atoms with Gasteiger partial charge in [-0.05, 0) is 18.1 Å². The van der Waals surface area contributed by atoms with Gasteiger partial charge in [-0.25, -0.2) is 0 Å². The maximum atomic E-state index is 11.6. The lowest BCUT2D eigenvalue weighted by molar-refractivity contribution is -0.157. The van der Waals surface area contributed by atoms with Gasteiger partial charge in [0, 0.05) is 5.41 Å². The minimum absolute atomic E-state index is 0.658. The monoisotopic (exact) mass is 284 g/mol. The van der Waals surface area contributed by atoms with Gasteiger partial charge in [0.05, 0.1) is 0 Å². The first kappa shape index (κ1) is 14.8. The van der Waals surface area contributed by atoms with E-state index in [-0.39, 0.29) is 0 Å². The Bertz CT molecular complexity index is 581. The summed E-state index contributed by atoms with van der Waals surface area (Å²) < 4.78 is 0. The quantitative estimate of drug-likeness (QED) is 0.828. The molecule has 0 fully saturated rings. The summed E-state index contributed by atoms with van der Waals surface area (Å²) in [4.78, 5) is 23.1. The summed E-state index contributed by atoms with van der Waals surface area (Å²) >= 11 is 0. The summed E-state index contributed by atoms with van der Waals surface area (Å²) in [5.41, 5.74) is 0.164. The minimum Gasteiger partial charge on any atom is -0.481 e. The molecular weight excluding hydrogens is 268 g/mol. The smallest absolute Gasteiger partial charge is 0.319 e. The summed E-state index contributed by atoms with van der Waals surface area (Å²) in [5.74, 6) is -4.27. The van der Waals surface area contributed by atoms with Crippen LogP contribution in [-0.4, -0.2) is 22.2 Å². The van der Waals surface area contributed by atoms with E-state index >= 15 is 0 Å². The number of hydrogen-bond acceptors (Lipinski definition) is 2. The van der Waals surface area contributed by atoms with Gasteiger partial charge in [0.1, 0.15) is 0 Å². The summed E-state index contributed by atoms with van der Waals surface area (Å²) in [6, 6.07) is 17.7.